The van der Waals surface area contributed by atoms with Gasteiger partial charge in [-0.05, 0) is 13.0 Å². The van der Waals surface area contributed by atoms with E-state index < -0.39 is 0 Å². The molecule has 0 fully saturated rings. The predicted octanol–water partition coefficient (Wildman–Crippen LogP) is -1.16. The van der Waals surface area contributed by atoms with Gasteiger partial charge in [-0.1, -0.05) is 39.4 Å². The molecule has 0 aliphatic rings. The van der Waals surface area contributed by atoms with Gasteiger partial charge in [0.1, 0.15) is 0 Å². The maximum Gasteiger partial charge on any atom is 1.00 e. The zero-order chi connectivity index (χ0) is 6.85. The number of hydrogen-bond donors (Lipinski definition) is 0. The van der Waals surface area contributed by atoms with Crippen molar-refractivity contribution in [3.8, 4) is 5.75 Å². The molecule has 0 saturated heterocycles. The molecule has 0 aliphatic heterocycles. The minimum Gasteiger partial charge on any atom is -0.872 e. The van der Waals surface area contributed by atoms with E-state index in [1.54, 1.807) is 12.1 Å². The maximum absolute atomic E-state index is 10.7. The van der Waals surface area contributed by atoms with Crippen LogP contribution < -0.4 is 34.7 Å². The summed E-state index contributed by atoms with van der Waals surface area (Å²) in [5.74, 6) is 0.0422. The van der Waals surface area contributed by atoms with Gasteiger partial charge in [0.05, 0.1) is 0 Å². The third-order valence-corrected chi connectivity index (χ3v) is 1.71. The molecule has 1 aromatic carbocycles. The molecule has 1 nitrogen and oxygen atoms in total. The first-order valence-electron chi connectivity index (χ1n) is 2.63. The molecule has 1 rings (SSSR count). The van der Waals surface area contributed by atoms with Crippen LogP contribution in [0.15, 0.2) is 22.7 Å². The molecule has 1 aromatic rings. The zero-order valence-electron chi connectivity index (χ0n) is 6.02. The van der Waals surface area contributed by atoms with Gasteiger partial charge in [0, 0.05) is 4.47 Å². The second-order valence-corrected chi connectivity index (χ2v) is 2.79. The van der Waals surface area contributed by atoms with Crippen LogP contribution in [0.2, 0.25) is 0 Å². The Kier molecular flexibility index (Phi) is 4.61. The van der Waals surface area contributed by atoms with Crippen molar-refractivity contribution in [2.45, 2.75) is 6.92 Å². The molecule has 3 heteroatoms. The third-order valence-electron chi connectivity index (χ3n) is 1.09. The van der Waals surface area contributed by atoms with E-state index in [9.17, 15) is 5.11 Å². The topological polar surface area (TPSA) is 23.1 Å². The van der Waals surface area contributed by atoms with Crippen molar-refractivity contribution in [3.05, 3.63) is 28.2 Å². The number of rotatable bonds is 0. The minimum atomic E-state index is 0. The van der Waals surface area contributed by atoms with Gasteiger partial charge in [-0.3, -0.25) is 0 Å². The van der Waals surface area contributed by atoms with Gasteiger partial charge in [-0.25, -0.2) is 0 Å². The van der Waals surface area contributed by atoms with Crippen molar-refractivity contribution in [2.24, 2.45) is 0 Å². The molecule has 0 saturated carbocycles. The van der Waals surface area contributed by atoms with Crippen LogP contribution in [-0.2, 0) is 0 Å². The average molecular weight is 209 g/mol. The summed E-state index contributed by atoms with van der Waals surface area (Å²) in [7, 11) is 0. The number of hydrogen-bond acceptors (Lipinski definition) is 1. The number of benzene rings is 1. The van der Waals surface area contributed by atoms with Crippen molar-refractivity contribution < 1.29 is 34.7 Å². The summed E-state index contributed by atoms with van der Waals surface area (Å²) in [6, 6.07) is 5.16. The second-order valence-electron chi connectivity index (χ2n) is 1.93. The molecule has 0 atom stereocenters. The smallest absolute Gasteiger partial charge is 0.872 e. The number of halogens is 1. The van der Waals surface area contributed by atoms with Gasteiger partial charge < -0.3 is 5.11 Å². The standard InChI is InChI=1S/C7H7BrO.Na/c1-5-2-3-7(9)6(8)4-5;/h2-4,9H,1H3;/q;+1/p-1. The summed E-state index contributed by atoms with van der Waals surface area (Å²) in [5, 5.41) is 10.7. The summed E-state index contributed by atoms with van der Waals surface area (Å²) in [4.78, 5) is 0. The summed E-state index contributed by atoms with van der Waals surface area (Å²) >= 11 is 3.13. The minimum absolute atomic E-state index is 0. The molecule has 0 heterocycles. The summed E-state index contributed by atoms with van der Waals surface area (Å²) in [5.41, 5.74) is 1.10. The number of aryl methyl sites for hydroxylation is 1. The van der Waals surface area contributed by atoms with Crippen molar-refractivity contribution in [2.75, 3.05) is 0 Å². The summed E-state index contributed by atoms with van der Waals surface area (Å²) in [6.45, 7) is 1.95. The van der Waals surface area contributed by atoms with Crippen LogP contribution >= 0.6 is 15.9 Å². The molecular formula is C7H6BrNaO. The fourth-order valence-corrected chi connectivity index (χ4v) is 1.10. The molecule has 0 radical (unpaired) electrons. The van der Waals surface area contributed by atoms with Gasteiger partial charge >= 0.3 is 29.6 Å². The average Bonchev–Trinajstić information content (AvgIpc) is 1.80. The molecule has 0 spiro atoms. The normalized spacial score (nSPS) is 8.60. The molecule has 0 aliphatic carbocycles. The Bertz CT molecular complexity index is 225. The van der Waals surface area contributed by atoms with Gasteiger partial charge in [-0.15, -0.1) is 0 Å². The van der Waals surface area contributed by atoms with Crippen molar-refractivity contribution >= 4 is 15.9 Å². The van der Waals surface area contributed by atoms with Crippen LogP contribution in [-0.4, -0.2) is 0 Å². The molecule has 0 bridgehead atoms. The van der Waals surface area contributed by atoms with Crippen LogP contribution in [0.25, 0.3) is 0 Å². The Morgan fingerprint density at radius 2 is 2.00 bits per heavy atom. The molecule has 0 amide bonds. The van der Waals surface area contributed by atoms with E-state index in [0.717, 1.165) is 5.56 Å². The van der Waals surface area contributed by atoms with E-state index in [4.69, 9.17) is 0 Å². The van der Waals surface area contributed by atoms with E-state index in [0.29, 0.717) is 4.47 Å². The van der Waals surface area contributed by atoms with Gasteiger partial charge in [0.15, 0.2) is 0 Å². The molecule has 0 N–H and O–H groups in total. The zero-order valence-corrected chi connectivity index (χ0v) is 9.60. The molecule has 0 unspecified atom stereocenters. The Morgan fingerprint density at radius 3 is 2.40 bits per heavy atom. The molecule has 10 heavy (non-hydrogen) atoms. The first-order valence-corrected chi connectivity index (χ1v) is 3.42. The molecule has 48 valence electrons. The van der Waals surface area contributed by atoms with Crippen LogP contribution in [0.1, 0.15) is 5.56 Å². The van der Waals surface area contributed by atoms with Crippen molar-refractivity contribution in [3.63, 3.8) is 0 Å². The van der Waals surface area contributed by atoms with Gasteiger partial charge in [0.2, 0.25) is 0 Å². The fourth-order valence-electron chi connectivity index (χ4n) is 0.606. The summed E-state index contributed by atoms with van der Waals surface area (Å²) in [6.07, 6.45) is 0. The third kappa shape index (κ3) is 2.62. The van der Waals surface area contributed by atoms with Crippen LogP contribution in [0.5, 0.6) is 5.75 Å². The monoisotopic (exact) mass is 208 g/mol. The van der Waals surface area contributed by atoms with Crippen LogP contribution in [0.3, 0.4) is 0 Å². The van der Waals surface area contributed by atoms with Crippen LogP contribution in [0, 0.1) is 6.92 Å². The second kappa shape index (κ2) is 4.39. The Morgan fingerprint density at radius 1 is 1.40 bits per heavy atom. The fraction of sp³-hybridized carbons (Fsp3) is 0.143. The first kappa shape index (κ1) is 10.5. The van der Waals surface area contributed by atoms with E-state index >= 15 is 0 Å². The SMILES string of the molecule is Cc1ccc([O-])c(Br)c1.[Na+]. The largest absolute Gasteiger partial charge is 1.00 e. The molecule has 0 aromatic heterocycles. The van der Waals surface area contributed by atoms with E-state index in [1.807, 2.05) is 13.0 Å². The van der Waals surface area contributed by atoms with Crippen molar-refractivity contribution in [1.82, 2.24) is 0 Å². The van der Waals surface area contributed by atoms with Crippen molar-refractivity contribution in [1.29, 1.82) is 0 Å². The predicted molar refractivity (Wildman–Crippen MR) is 38.3 cm³/mol. The van der Waals surface area contributed by atoms with E-state index in [1.165, 1.54) is 0 Å². The maximum atomic E-state index is 10.7. The first-order chi connectivity index (χ1) is 4.20. The molecular weight excluding hydrogens is 203 g/mol. The Balaban J connectivity index is 0.000000810. The van der Waals surface area contributed by atoms with E-state index in [2.05, 4.69) is 15.9 Å². The quantitative estimate of drug-likeness (QED) is 0.494. The van der Waals surface area contributed by atoms with E-state index in [-0.39, 0.29) is 35.3 Å². The van der Waals surface area contributed by atoms with Gasteiger partial charge in [-0.2, -0.15) is 0 Å². The summed E-state index contributed by atoms with van der Waals surface area (Å²) < 4.78 is 0.641. The Labute approximate surface area is 90.9 Å². The Hall–Kier alpha value is 0.500. The van der Waals surface area contributed by atoms with Crippen LogP contribution in [0.4, 0.5) is 0 Å². The van der Waals surface area contributed by atoms with Gasteiger partial charge in [0.25, 0.3) is 0 Å².